The van der Waals surface area contributed by atoms with Crippen molar-refractivity contribution in [3.05, 3.63) is 41.2 Å². The van der Waals surface area contributed by atoms with Gasteiger partial charge in [0.2, 0.25) is 5.91 Å². The molecule has 0 atom stereocenters. The van der Waals surface area contributed by atoms with Crippen LogP contribution in [0.4, 0.5) is 11.4 Å². The maximum Gasteiger partial charge on any atom is 0.257 e. The highest BCUT2D eigenvalue weighted by Crippen LogP contribution is 2.19. The van der Waals surface area contributed by atoms with Gasteiger partial charge in [-0.15, -0.1) is 0 Å². The first-order valence-electron chi connectivity index (χ1n) is 5.63. The minimum atomic E-state index is -0.520. The molecule has 0 radical (unpaired) electrons. The lowest BCUT2D eigenvalue weighted by molar-refractivity contribution is -0.118. The topological polar surface area (TPSA) is 116 Å². The first-order valence-corrected chi connectivity index (χ1v) is 6.00. The van der Waals surface area contributed by atoms with E-state index in [0.717, 1.165) is 0 Å². The molecule has 0 fully saturated rings. The van der Waals surface area contributed by atoms with Crippen LogP contribution in [-0.4, -0.2) is 21.6 Å². The Morgan fingerprint density at radius 3 is 2.80 bits per heavy atom. The number of nitrogens with one attached hydrogen (secondary N) is 1. The van der Waals surface area contributed by atoms with Crippen LogP contribution in [0, 0.1) is 0 Å². The lowest BCUT2D eigenvalue weighted by atomic mass is 10.1. The fraction of sp³-hybridized carbons (Fsp3) is 0.0833. The average molecular weight is 294 g/mol. The van der Waals surface area contributed by atoms with Crippen LogP contribution in [0.2, 0.25) is 5.02 Å². The summed E-state index contributed by atoms with van der Waals surface area (Å²) in [6.07, 6.45) is 2.90. The molecule has 0 bridgehead atoms. The summed E-state index contributed by atoms with van der Waals surface area (Å²) in [6.45, 7) is -0.0566. The van der Waals surface area contributed by atoms with Crippen molar-refractivity contribution in [2.24, 2.45) is 5.73 Å². The van der Waals surface area contributed by atoms with E-state index in [4.69, 9.17) is 23.1 Å². The van der Waals surface area contributed by atoms with Gasteiger partial charge in [0.15, 0.2) is 0 Å². The molecule has 1 aromatic carbocycles. The van der Waals surface area contributed by atoms with E-state index in [0.29, 0.717) is 16.3 Å². The number of carbonyl (C=O) groups is 2. The van der Waals surface area contributed by atoms with Gasteiger partial charge in [-0.05, 0) is 18.2 Å². The van der Waals surface area contributed by atoms with Gasteiger partial charge in [0.25, 0.3) is 5.91 Å². The predicted molar refractivity (Wildman–Crippen MR) is 75.2 cm³/mol. The third-order valence-electron chi connectivity index (χ3n) is 2.47. The highest BCUT2D eigenvalue weighted by atomic mass is 35.5. The van der Waals surface area contributed by atoms with Crippen molar-refractivity contribution >= 4 is 34.8 Å². The van der Waals surface area contributed by atoms with Gasteiger partial charge in [0.05, 0.1) is 17.4 Å². The Hall–Kier alpha value is -2.54. The van der Waals surface area contributed by atoms with Crippen LogP contribution in [0.25, 0.3) is 0 Å². The molecule has 2 amide bonds. The molecule has 0 saturated carbocycles. The number of benzene rings is 1. The Labute approximate surface area is 119 Å². The molecule has 0 aliphatic carbocycles. The summed E-state index contributed by atoms with van der Waals surface area (Å²) in [5.41, 5.74) is 11.8. The van der Waals surface area contributed by atoms with Gasteiger partial charge < -0.3 is 16.8 Å². The Morgan fingerprint density at radius 1 is 1.40 bits per heavy atom. The molecule has 0 saturated heterocycles. The summed E-state index contributed by atoms with van der Waals surface area (Å²) in [7, 11) is 0. The highest BCUT2D eigenvalue weighted by Gasteiger charge is 2.11. The van der Waals surface area contributed by atoms with Crippen LogP contribution in [0.5, 0.6) is 0 Å². The average Bonchev–Trinajstić information content (AvgIpc) is 2.75. The molecule has 0 spiro atoms. The number of rotatable bonds is 4. The molecule has 2 aromatic rings. The van der Waals surface area contributed by atoms with Gasteiger partial charge in [0, 0.05) is 16.9 Å². The van der Waals surface area contributed by atoms with E-state index >= 15 is 0 Å². The molecule has 7 nitrogen and oxygen atoms in total. The standard InChI is InChI=1S/C12H12ClN5O2/c13-7-1-2-9(10(14)3-7)12(20)17-8-4-16-18(5-8)6-11(15)19/h1-5H,6,14H2,(H2,15,19)(H,17,20). The number of anilines is 2. The lowest BCUT2D eigenvalue weighted by Gasteiger charge is -2.05. The summed E-state index contributed by atoms with van der Waals surface area (Å²) in [5, 5.41) is 6.96. The van der Waals surface area contributed by atoms with E-state index in [1.54, 1.807) is 6.07 Å². The van der Waals surface area contributed by atoms with Crippen molar-refractivity contribution in [3.63, 3.8) is 0 Å². The zero-order valence-electron chi connectivity index (χ0n) is 10.3. The fourth-order valence-corrected chi connectivity index (χ4v) is 1.79. The second kappa shape index (κ2) is 5.62. The van der Waals surface area contributed by atoms with Crippen molar-refractivity contribution in [1.82, 2.24) is 9.78 Å². The maximum atomic E-state index is 12.0. The largest absolute Gasteiger partial charge is 0.398 e. The monoisotopic (exact) mass is 293 g/mol. The Morgan fingerprint density at radius 2 is 2.15 bits per heavy atom. The van der Waals surface area contributed by atoms with Gasteiger partial charge in [-0.3, -0.25) is 14.3 Å². The molecular weight excluding hydrogens is 282 g/mol. The lowest BCUT2D eigenvalue weighted by Crippen LogP contribution is -2.18. The number of aromatic nitrogens is 2. The Balaban J connectivity index is 2.11. The molecule has 0 aliphatic heterocycles. The SMILES string of the molecule is NC(=O)Cn1cc(NC(=O)c2ccc(Cl)cc2N)cn1. The third-order valence-corrected chi connectivity index (χ3v) is 2.70. The summed E-state index contributed by atoms with van der Waals surface area (Å²) < 4.78 is 1.32. The van der Waals surface area contributed by atoms with Crippen LogP contribution in [0.15, 0.2) is 30.6 Å². The van der Waals surface area contributed by atoms with Crippen molar-refractivity contribution in [2.45, 2.75) is 6.54 Å². The molecule has 1 aromatic heterocycles. The number of carbonyl (C=O) groups excluding carboxylic acids is 2. The highest BCUT2D eigenvalue weighted by molar-refractivity contribution is 6.31. The van der Waals surface area contributed by atoms with E-state index in [1.165, 1.54) is 29.2 Å². The van der Waals surface area contributed by atoms with Gasteiger partial charge in [-0.1, -0.05) is 11.6 Å². The van der Waals surface area contributed by atoms with Gasteiger partial charge in [-0.25, -0.2) is 0 Å². The number of hydrogen-bond donors (Lipinski definition) is 3. The van der Waals surface area contributed by atoms with E-state index < -0.39 is 11.8 Å². The van der Waals surface area contributed by atoms with Gasteiger partial charge in [-0.2, -0.15) is 5.10 Å². The third kappa shape index (κ3) is 3.27. The van der Waals surface area contributed by atoms with Crippen LogP contribution < -0.4 is 16.8 Å². The molecule has 104 valence electrons. The minimum Gasteiger partial charge on any atom is -0.398 e. The number of hydrogen-bond acceptors (Lipinski definition) is 4. The number of amides is 2. The summed E-state index contributed by atoms with van der Waals surface area (Å²) in [6, 6.07) is 4.59. The summed E-state index contributed by atoms with van der Waals surface area (Å²) in [5.74, 6) is -0.911. The van der Waals surface area contributed by atoms with Gasteiger partial charge in [0.1, 0.15) is 6.54 Å². The fourth-order valence-electron chi connectivity index (χ4n) is 1.61. The van der Waals surface area contributed by atoms with E-state index in [-0.39, 0.29) is 12.2 Å². The quantitative estimate of drug-likeness (QED) is 0.725. The molecular formula is C12H12ClN5O2. The van der Waals surface area contributed by atoms with Crippen molar-refractivity contribution < 1.29 is 9.59 Å². The maximum absolute atomic E-state index is 12.0. The first-order chi connectivity index (χ1) is 9.45. The molecule has 20 heavy (non-hydrogen) atoms. The number of nitrogen functional groups attached to an aromatic ring is 1. The second-order valence-electron chi connectivity index (χ2n) is 4.08. The van der Waals surface area contributed by atoms with Crippen LogP contribution >= 0.6 is 11.6 Å². The smallest absolute Gasteiger partial charge is 0.257 e. The number of primary amides is 1. The van der Waals surface area contributed by atoms with Crippen LogP contribution in [0.1, 0.15) is 10.4 Å². The zero-order chi connectivity index (χ0) is 14.7. The normalized spacial score (nSPS) is 10.2. The van der Waals surface area contributed by atoms with Crippen molar-refractivity contribution in [3.8, 4) is 0 Å². The second-order valence-corrected chi connectivity index (χ2v) is 4.52. The predicted octanol–water partition coefficient (Wildman–Crippen LogP) is 0.856. The molecule has 1 heterocycles. The number of nitrogens with zero attached hydrogens (tertiary/aromatic N) is 2. The van der Waals surface area contributed by atoms with Crippen molar-refractivity contribution in [1.29, 1.82) is 0 Å². The molecule has 0 unspecified atom stereocenters. The van der Waals surface area contributed by atoms with Crippen LogP contribution in [-0.2, 0) is 11.3 Å². The van der Waals surface area contributed by atoms with E-state index in [1.807, 2.05) is 0 Å². The molecule has 2 rings (SSSR count). The van der Waals surface area contributed by atoms with E-state index in [9.17, 15) is 9.59 Å². The van der Waals surface area contributed by atoms with E-state index in [2.05, 4.69) is 10.4 Å². The number of nitrogens with two attached hydrogens (primary N) is 2. The van der Waals surface area contributed by atoms with Gasteiger partial charge >= 0.3 is 0 Å². The minimum absolute atomic E-state index is 0.0566. The zero-order valence-corrected chi connectivity index (χ0v) is 11.1. The van der Waals surface area contributed by atoms with Crippen LogP contribution in [0.3, 0.4) is 0 Å². The molecule has 5 N–H and O–H groups in total. The Kier molecular flexibility index (Phi) is 3.90. The summed E-state index contributed by atoms with van der Waals surface area (Å²) in [4.78, 5) is 22.8. The molecule has 0 aliphatic rings. The van der Waals surface area contributed by atoms with Crippen molar-refractivity contribution in [2.75, 3.05) is 11.1 Å². The Bertz CT molecular complexity index is 668. The number of halogens is 1. The summed E-state index contributed by atoms with van der Waals surface area (Å²) >= 11 is 5.76. The molecule has 8 heteroatoms. The first kappa shape index (κ1) is 13.9.